The first-order valence-corrected chi connectivity index (χ1v) is 11.3. The molecule has 0 aromatic heterocycles. The summed E-state index contributed by atoms with van der Waals surface area (Å²) in [5, 5.41) is 0. The number of benzene rings is 3. The van der Waals surface area contributed by atoms with Crippen LogP contribution in [0.15, 0.2) is 78.9 Å². The highest BCUT2D eigenvalue weighted by molar-refractivity contribution is 5.91. The summed E-state index contributed by atoms with van der Waals surface area (Å²) in [5.74, 6) is 1.32. The van der Waals surface area contributed by atoms with Gasteiger partial charge in [-0.1, -0.05) is 36.4 Å². The molecule has 3 aromatic carbocycles. The molecule has 0 aliphatic carbocycles. The maximum Gasteiger partial charge on any atom is 0.246 e. The zero-order chi connectivity index (χ0) is 23.9. The second kappa shape index (κ2) is 11.0. The predicted octanol–water partition coefficient (Wildman–Crippen LogP) is 4.79. The molecule has 0 radical (unpaired) electrons. The van der Waals surface area contributed by atoms with Crippen molar-refractivity contribution in [1.82, 2.24) is 9.80 Å². The van der Waals surface area contributed by atoms with Crippen LogP contribution in [0.2, 0.25) is 0 Å². The summed E-state index contributed by atoms with van der Waals surface area (Å²) in [5.41, 5.74) is 3.14. The van der Waals surface area contributed by atoms with Gasteiger partial charge < -0.3 is 14.4 Å². The highest BCUT2D eigenvalue weighted by atomic mass is 19.1. The summed E-state index contributed by atoms with van der Waals surface area (Å²) in [4.78, 5) is 17.0. The minimum Gasteiger partial charge on any atom is -0.497 e. The highest BCUT2D eigenvalue weighted by Crippen LogP contribution is 2.32. The molecule has 0 saturated carbocycles. The van der Waals surface area contributed by atoms with E-state index in [4.69, 9.17) is 9.47 Å². The second-order valence-electron chi connectivity index (χ2n) is 8.19. The van der Waals surface area contributed by atoms with Gasteiger partial charge in [0.2, 0.25) is 5.91 Å². The average molecular weight is 461 g/mol. The fourth-order valence-electron chi connectivity index (χ4n) is 4.23. The van der Waals surface area contributed by atoms with E-state index >= 15 is 0 Å². The molecule has 1 saturated heterocycles. The number of nitrogens with zero attached hydrogens (tertiary/aromatic N) is 2. The van der Waals surface area contributed by atoms with E-state index in [0.29, 0.717) is 13.1 Å². The Labute approximate surface area is 200 Å². The third-order valence-corrected chi connectivity index (χ3v) is 6.14. The molecule has 176 valence electrons. The molecule has 3 aromatic rings. The Hall–Kier alpha value is -3.64. The molecule has 5 nitrogen and oxygen atoms in total. The van der Waals surface area contributed by atoms with Gasteiger partial charge in [-0.25, -0.2) is 4.39 Å². The summed E-state index contributed by atoms with van der Waals surface area (Å²) in [6.07, 6.45) is 3.29. The van der Waals surface area contributed by atoms with Gasteiger partial charge in [0.1, 0.15) is 17.3 Å². The van der Waals surface area contributed by atoms with Crippen LogP contribution in [-0.2, 0) is 4.79 Å². The summed E-state index contributed by atoms with van der Waals surface area (Å²) in [6, 6.07) is 22.4. The van der Waals surface area contributed by atoms with Crippen LogP contribution in [0.3, 0.4) is 0 Å². The number of halogens is 1. The van der Waals surface area contributed by atoms with E-state index in [0.717, 1.165) is 30.2 Å². The number of carbonyl (C=O) groups is 1. The minimum absolute atomic E-state index is 0.0329. The second-order valence-corrected chi connectivity index (χ2v) is 8.19. The molecule has 4 rings (SSSR count). The van der Waals surface area contributed by atoms with E-state index in [1.807, 2.05) is 29.2 Å². The summed E-state index contributed by atoms with van der Waals surface area (Å²) < 4.78 is 23.7. The predicted molar refractivity (Wildman–Crippen MR) is 131 cm³/mol. The SMILES string of the molecule is COc1ccc(C(c2ccc(OC)cc2)N2CCN(C(=O)C=Cc3ccc(F)cc3)CC2)cc1. The molecule has 0 spiro atoms. The van der Waals surface area contributed by atoms with Crippen molar-refractivity contribution in [3.63, 3.8) is 0 Å². The maximum absolute atomic E-state index is 13.1. The number of piperazine rings is 1. The van der Waals surface area contributed by atoms with Crippen LogP contribution < -0.4 is 9.47 Å². The highest BCUT2D eigenvalue weighted by Gasteiger charge is 2.27. The van der Waals surface area contributed by atoms with Gasteiger partial charge in [0, 0.05) is 32.3 Å². The molecule has 1 fully saturated rings. The number of methoxy groups -OCH3 is 2. The third kappa shape index (κ3) is 5.64. The van der Waals surface area contributed by atoms with Crippen molar-refractivity contribution in [2.75, 3.05) is 40.4 Å². The lowest BCUT2D eigenvalue weighted by atomic mass is 9.96. The van der Waals surface area contributed by atoms with E-state index < -0.39 is 0 Å². The lowest BCUT2D eigenvalue weighted by molar-refractivity contribution is -0.127. The van der Waals surface area contributed by atoms with E-state index in [1.165, 1.54) is 23.3 Å². The topological polar surface area (TPSA) is 42.0 Å². The van der Waals surface area contributed by atoms with Crippen LogP contribution in [0.25, 0.3) is 6.08 Å². The van der Waals surface area contributed by atoms with Crippen molar-refractivity contribution in [2.45, 2.75) is 6.04 Å². The van der Waals surface area contributed by atoms with Crippen LogP contribution in [0, 0.1) is 5.82 Å². The Balaban J connectivity index is 1.47. The first-order valence-electron chi connectivity index (χ1n) is 11.3. The van der Waals surface area contributed by atoms with Crippen LogP contribution in [0.5, 0.6) is 11.5 Å². The zero-order valence-electron chi connectivity index (χ0n) is 19.5. The van der Waals surface area contributed by atoms with Crippen LogP contribution in [0.4, 0.5) is 4.39 Å². The van der Waals surface area contributed by atoms with Crippen LogP contribution in [0.1, 0.15) is 22.7 Å². The third-order valence-electron chi connectivity index (χ3n) is 6.14. The Bertz CT molecular complexity index is 1060. The van der Waals surface area contributed by atoms with Crippen molar-refractivity contribution in [2.24, 2.45) is 0 Å². The fraction of sp³-hybridized carbons (Fsp3) is 0.250. The van der Waals surface area contributed by atoms with Gasteiger partial charge in [-0.05, 0) is 59.2 Å². The molecule has 1 aliphatic rings. The van der Waals surface area contributed by atoms with Crippen LogP contribution >= 0.6 is 0 Å². The van der Waals surface area contributed by atoms with Crippen molar-refractivity contribution in [1.29, 1.82) is 0 Å². The number of amides is 1. The van der Waals surface area contributed by atoms with Crippen LogP contribution in [-0.4, -0.2) is 56.1 Å². The molecule has 0 unspecified atom stereocenters. The number of carbonyl (C=O) groups excluding carboxylic acids is 1. The van der Waals surface area contributed by atoms with Gasteiger partial charge in [-0.15, -0.1) is 0 Å². The van der Waals surface area contributed by atoms with Crippen molar-refractivity contribution in [3.8, 4) is 11.5 Å². The van der Waals surface area contributed by atoms with E-state index in [1.54, 1.807) is 38.5 Å². The molecule has 0 atom stereocenters. The lowest BCUT2D eigenvalue weighted by Gasteiger charge is -2.39. The molecule has 0 bridgehead atoms. The average Bonchev–Trinajstić information content (AvgIpc) is 2.89. The Morgan fingerprint density at radius 3 is 1.76 bits per heavy atom. The van der Waals surface area contributed by atoms with Gasteiger partial charge in [-0.2, -0.15) is 0 Å². The molecular weight excluding hydrogens is 431 g/mol. The zero-order valence-corrected chi connectivity index (χ0v) is 19.5. The molecule has 34 heavy (non-hydrogen) atoms. The maximum atomic E-state index is 13.1. The number of hydrogen-bond acceptors (Lipinski definition) is 4. The van der Waals surface area contributed by atoms with Crippen molar-refractivity contribution >= 4 is 12.0 Å². The van der Waals surface area contributed by atoms with Crippen molar-refractivity contribution < 1.29 is 18.7 Å². The minimum atomic E-state index is -0.289. The fourth-order valence-corrected chi connectivity index (χ4v) is 4.23. The summed E-state index contributed by atoms with van der Waals surface area (Å²) in [6.45, 7) is 2.77. The standard InChI is InChI=1S/C28H29FN2O3/c1-33-25-12-6-22(7-13-25)28(23-8-14-26(34-2)15-9-23)31-19-17-30(18-20-31)27(32)16-5-21-3-10-24(29)11-4-21/h3-16,28H,17-20H2,1-2H3. The normalized spacial score (nSPS) is 14.5. The summed E-state index contributed by atoms with van der Waals surface area (Å²) >= 11 is 0. The Morgan fingerprint density at radius 1 is 0.794 bits per heavy atom. The first kappa shape index (κ1) is 23.5. The quantitative estimate of drug-likeness (QED) is 0.476. The van der Waals surface area contributed by atoms with Gasteiger partial charge in [0.25, 0.3) is 0 Å². The van der Waals surface area contributed by atoms with Crippen molar-refractivity contribution in [3.05, 3.63) is 101 Å². The number of ether oxygens (including phenoxy) is 2. The monoisotopic (exact) mass is 460 g/mol. The largest absolute Gasteiger partial charge is 0.497 e. The van der Waals surface area contributed by atoms with Gasteiger partial charge in [0.05, 0.1) is 20.3 Å². The van der Waals surface area contributed by atoms with E-state index in [9.17, 15) is 9.18 Å². The lowest BCUT2D eigenvalue weighted by Crippen LogP contribution is -2.49. The van der Waals surface area contributed by atoms with Gasteiger partial charge >= 0.3 is 0 Å². The molecular formula is C28H29FN2O3. The molecule has 6 heteroatoms. The van der Waals surface area contributed by atoms with E-state index in [-0.39, 0.29) is 17.8 Å². The van der Waals surface area contributed by atoms with Gasteiger partial charge in [-0.3, -0.25) is 9.69 Å². The number of rotatable bonds is 7. The molecule has 0 N–H and O–H groups in total. The Kier molecular flexibility index (Phi) is 7.60. The van der Waals surface area contributed by atoms with Gasteiger partial charge in [0.15, 0.2) is 0 Å². The molecule has 1 aliphatic heterocycles. The number of hydrogen-bond donors (Lipinski definition) is 0. The smallest absolute Gasteiger partial charge is 0.246 e. The summed E-state index contributed by atoms with van der Waals surface area (Å²) in [7, 11) is 3.33. The molecule has 1 amide bonds. The molecule has 1 heterocycles. The van der Waals surface area contributed by atoms with E-state index in [2.05, 4.69) is 29.2 Å². The Morgan fingerprint density at radius 2 is 1.29 bits per heavy atom. The first-order chi connectivity index (χ1) is 16.6.